The zero-order valence-electron chi connectivity index (χ0n) is 13.2. The molecule has 22 heavy (non-hydrogen) atoms. The second kappa shape index (κ2) is 8.07. The monoisotopic (exact) mass is 304 g/mol. The van der Waals surface area contributed by atoms with Crippen LogP contribution in [0.3, 0.4) is 0 Å². The van der Waals surface area contributed by atoms with E-state index < -0.39 is 17.7 Å². The van der Waals surface area contributed by atoms with Gasteiger partial charge in [0.25, 0.3) is 0 Å². The summed E-state index contributed by atoms with van der Waals surface area (Å²) in [5, 5.41) is 7.30. The Hall–Kier alpha value is -2.50. The summed E-state index contributed by atoms with van der Waals surface area (Å²) in [5.41, 5.74) is 0.209. The first-order valence-corrected chi connectivity index (χ1v) is 6.90. The number of hydrogen-bond acceptors (Lipinski definition) is 5. The number of nitrogens with zero attached hydrogens (tertiary/aromatic N) is 2. The summed E-state index contributed by atoms with van der Waals surface area (Å²) in [5.74, 6) is -0.551. The molecule has 0 radical (unpaired) electrons. The van der Waals surface area contributed by atoms with Gasteiger partial charge in [-0.1, -0.05) is 35.4 Å². The van der Waals surface area contributed by atoms with Crippen LogP contribution in [0.15, 0.2) is 46.6 Å². The first-order chi connectivity index (χ1) is 10.3. The molecule has 118 valence electrons. The van der Waals surface area contributed by atoms with Gasteiger partial charge in [0.2, 0.25) is 0 Å². The summed E-state index contributed by atoms with van der Waals surface area (Å²) < 4.78 is 9.88. The smallest absolute Gasteiger partial charge is 0.452 e. The molecule has 0 spiro atoms. The van der Waals surface area contributed by atoms with Gasteiger partial charge in [0.05, 0.1) is 12.7 Å². The second-order valence-electron chi connectivity index (χ2n) is 5.33. The van der Waals surface area contributed by atoms with E-state index in [0.717, 1.165) is 0 Å². The van der Waals surface area contributed by atoms with Crippen LogP contribution in [0, 0.1) is 0 Å². The van der Waals surface area contributed by atoms with Crippen molar-refractivity contribution in [2.45, 2.75) is 33.3 Å². The summed E-state index contributed by atoms with van der Waals surface area (Å²) >= 11 is 0. The molecule has 1 aromatic carbocycles. The fraction of sp³-hybridized carbons (Fsp3) is 0.375. The zero-order chi connectivity index (χ0) is 16.6. The van der Waals surface area contributed by atoms with E-state index in [0.29, 0.717) is 5.56 Å². The largest absolute Gasteiger partial charge is 0.463 e. The normalized spacial score (nSPS) is 12.3. The van der Waals surface area contributed by atoms with E-state index in [1.165, 1.54) is 6.08 Å². The lowest BCUT2D eigenvalue weighted by atomic mass is 10.1. The van der Waals surface area contributed by atoms with Crippen molar-refractivity contribution < 1.29 is 19.1 Å². The van der Waals surface area contributed by atoms with Gasteiger partial charge >= 0.3 is 12.1 Å². The number of esters is 1. The topological polar surface area (TPSA) is 77.3 Å². The molecule has 6 heteroatoms. The Morgan fingerprint density at radius 2 is 1.77 bits per heavy atom. The average molecular weight is 304 g/mol. The summed E-state index contributed by atoms with van der Waals surface area (Å²) in [6.07, 6.45) is 0.366. The van der Waals surface area contributed by atoms with Gasteiger partial charge in [0.15, 0.2) is 0 Å². The van der Waals surface area contributed by atoms with E-state index in [1.54, 1.807) is 52.0 Å². The van der Waals surface area contributed by atoms with E-state index in [2.05, 4.69) is 10.2 Å². The molecule has 0 saturated heterocycles. The first kappa shape index (κ1) is 17.6. The molecule has 0 atom stereocenters. The van der Waals surface area contributed by atoms with Crippen molar-refractivity contribution in [3.8, 4) is 0 Å². The quantitative estimate of drug-likeness (QED) is 0.479. The molecule has 0 saturated carbocycles. The maximum absolute atomic E-state index is 11.6. The molecule has 0 aliphatic heterocycles. The maximum Gasteiger partial charge on any atom is 0.452 e. The molecule has 1 rings (SSSR count). The molecule has 0 aliphatic carbocycles. The number of ether oxygens (including phenoxy) is 2. The number of carbonyl (C=O) groups is 2. The third-order valence-corrected chi connectivity index (χ3v) is 2.24. The Morgan fingerprint density at radius 3 is 2.32 bits per heavy atom. The van der Waals surface area contributed by atoms with Crippen molar-refractivity contribution in [3.05, 3.63) is 42.0 Å². The van der Waals surface area contributed by atoms with E-state index >= 15 is 0 Å². The number of amides is 1. The Morgan fingerprint density at radius 1 is 1.14 bits per heavy atom. The maximum atomic E-state index is 11.6. The van der Waals surface area contributed by atoms with Crippen molar-refractivity contribution in [1.29, 1.82) is 0 Å². The van der Waals surface area contributed by atoms with E-state index in [4.69, 9.17) is 9.47 Å². The van der Waals surface area contributed by atoms with Crippen LogP contribution in [-0.4, -0.2) is 24.3 Å². The summed E-state index contributed by atoms with van der Waals surface area (Å²) in [7, 11) is 0. The molecule has 1 aromatic rings. The van der Waals surface area contributed by atoms with Crippen LogP contribution in [0.2, 0.25) is 0 Å². The Kier molecular flexibility index (Phi) is 6.44. The van der Waals surface area contributed by atoms with E-state index in [1.807, 2.05) is 6.07 Å². The third-order valence-electron chi connectivity index (χ3n) is 2.24. The number of carbonyl (C=O) groups excluding carboxylic acids is 2. The van der Waals surface area contributed by atoms with Crippen LogP contribution < -0.4 is 0 Å². The summed E-state index contributed by atoms with van der Waals surface area (Å²) in [6, 6.07) is 8.91. The molecule has 0 bridgehead atoms. The highest BCUT2D eigenvalue weighted by Crippen LogP contribution is 2.17. The van der Waals surface area contributed by atoms with Gasteiger partial charge < -0.3 is 9.47 Å². The van der Waals surface area contributed by atoms with Gasteiger partial charge in [-0.15, -0.1) is 5.11 Å². The zero-order valence-corrected chi connectivity index (χ0v) is 13.2. The lowest BCUT2D eigenvalue weighted by molar-refractivity contribution is -0.137. The van der Waals surface area contributed by atoms with Crippen LogP contribution in [0.5, 0.6) is 0 Å². The number of benzene rings is 1. The molecule has 0 aliphatic rings. The van der Waals surface area contributed by atoms with Crippen LogP contribution in [0.1, 0.15) is 33.3 Å². The van der Waals surface area contributed by atoms with Gasteiger partial charge in [-0.3, -0.25) is 0 Å². The van der Waals surface area contributed by atoms with Crippen molar-refractivity contribution in [1.82, 2.24) is 0 Å². The van der Waals surface area contributed by atoms with E-state index in [-0.39, 0.29) is 12.3 Å². The molecule has 1 amide bonds. The predicted molar refractivity (Wildman–Crippen MR) is 82.1 cm³/mol. The lowest BCUT2D eigenvalue weighted by Gasteiger charge is -2.16. The molecule has 0 heterocycles. The van der Waals surface area contributed by atoms with Crippen LogP contribution in [0.25, 0.3) is 5.70 Å². The second-order valence-corrected chi connectivity index (χ2v) is 5.33. The predicted octanol–water partition coefficient (Wildman–Crippen LogP) is 3.98. The number of hydrogen-bond donors (Lipinski definition) is 0. The van der Waals surface area contributed by atoms with Crippen LogP contribution in [0.4, 0.5) is 4.79 Å². The highest BCUT2D eigenvalue weighted by atomic mass is 16.6. The molecule has 0 fully saturated rings. The van der Waals surface area contributed by atoms with Crippen molar-refractivity contribution in [2.75, 3.05) is 6.61 Å². The molecular weight excluding hydrogens is 284 g/mol. The minimum atomic E-state index is -0.821. The molecule has 0 N–H and O–H groups in total. The van der Waals surface area contributed by atoms with Gasteiger partial charge in [-0.05, 0) is 27.7 Å². The fourth-order valence-electron chi connectivity index (χ4n) is 1.45. The van der Waals surface area contributed by atoms with E-state index in [9.17, 15) is 9.59 Å². The van der Waals surface area contributed by atoms with Crippen LogP contribution in [-0.2, 0) is 14.3 Å². The first-order valence-electron chi connectivity index (χ1n) is 6.90. The highest BCUT2D eigenvalue weighted by Gasteiger charge is 2.16. The highest BCUT2D eigenvalue weighted by molar-refractivity contribution is 5.91. The SMILES string of the molecule is CCOC(=O)/C=C(/N=NC(=O)OC(C)(C)C)c1ccccc1. The van der Waals surface area contributed by atoms with Gasteiger partial charge in [0.1, 0.15) is 11.3 Å². The Labute approximate surface area is 129 Å². The lowest BCUT2D eigenvalue weighted by Crippen LogP contribution is -2.21. The van der Waals surface area contributed by atoms with Gasteiger partial charge in [-0.25, -0.2) is 9.59 Å². The Balaban J connectivity index is 2.97. The minimum Gasteiger partial charge on any atom is -0.463 e. The fourth-order valence-corrected chi connectivity index (χ4v) is 1.45. The molecule has 6 nitrogen and oxygen atoms in total. The van der Waals surface area contributed by atoms with Crippen molar-refractivity contribution in [3.63, 3.8) is 0 Å². The molecule has 0 aromatic heterocycles. The summed E-state index contributed by atoms with van der Waals surface area (Å²) in [6.45, 7) is 7.14. The molecular formula is C16H20N2O4. The van der Waals surface area contributed by atoms with Crippen molar-refractivity contribution in [2.24, 2.45) is 10.2 Å². The van der Waals surface area contributed by atoms with Gasteiger partial charge in [-0.2, -0.15) is 0 Å². The minimum absolute atomic E-state index is 0.227. The average Bonchev–Trinajstić information content (AvgIpc) is 2.43. The van der Waals surface area contributed by atoms with Gasteiger partial charge in [0, 0.05) is 5.56 Å². The standard InChI is InChI=1S/C16H20N2O4/c1-5-21-14(19)11-13(12-9-7-6-8-10-12)17-18-15(20)22-16(2,3)4/h6-11H,5H2,1-4H3/b13-11+,18-17?. The van der Waals surface area contributed by atoms with Crippen LogP contribution >= 0.6 is 0 Å². The molecule has 0 unspecified atom stereocenters. The Bertz CT molecular complexity index is 572. The number of rotatable bonds is 4. The third kappa shape index (κ3) is 6.78. The summed E-state index contributed by atoms with van der Waals surface area (Å²) in [4.78, 5) is 23.2. The van der Waals surface area contributed by atoms with Crippen molar-refractivity contribution >= 4 is 17.8 Å². The number of azo groups is 1.